The van der Waals surface area contributed by atoms with Gasteiger partial charge in [-0.1, -0.05) is 38.4 Å². The highest BCUT2D eigenvalue weighted by atomic mass is 35.5. The molecule has 3 rings (SSSR count). The molecular formula is C20H25ClFNO3. The SMILES string of the molecule is CC1(C)C[C@@H]2C[C@](C)(CN2C(=O)COC(=O)Cc2c(F)cccc2Cl)C1. The highest BCUT2D eigenvalue weighted by molar-refractivity contribution is 6.31. The summed E-state index contributed by atoms with van der Waals surface area (Å²) < 4.78 is 18.9. The van der Waals surface area contributed by atoms with Gasteiger partial charge in [0.2, 0.25) is 0 Å². The fourth-order valence-corrected chi connectivity index (χ4v) is 5.10. The van der Waals surface area contributed by atoms with Gasteiger partial charge in [0.1, 0.15) is 5.82 Å². The Labute approximate surface area is 158 Å². The molecule has 26 heavy (non-hydrogen) atoms. The number of carbonyl (C=O) groups excluding carboxylic acids is 2. The van der Waals surface area contributed by atoms with E-state index in [1.165, 1.54) is 18.2 Å². The van der Waals surface area contributed by atoms with Crippen molar-refractivity contribution in [2.45, 2.75) is 52.5 Å². The van der Waals surface area contributed by atoms with E-state index in [-0.39, 0.29) is 46.4 Å². The fourth-order valence-electron chi connectivity index (χ4n) is 4.87. The van der Waals surface area contributed by atoms with Crippen LogP contribution in [0, 0.1) is 16.6 Å². The smallest absolute Gasteiger partial charge is 0.310 e. The molecule has 2 atom stereocenters. The van der Waals surface area contributed by atoms with Gasteiger partial charge in [-0.25, -0.2) is 4.39 Å². The molecular weight excluding hydrogens is 357 g/mol. The summed E-state index contributed by atoms with van der Waals surface area (Å²) in [5.41, 5.74) is 0.440. The summed E-state index contributed by atoms with van der Waals surface area (Å²) in [4.78, 5) is 26.5. The van der Waals surface area contributed by atoms with Crippen LogP contribution in [0.2, 0.25) is 5.02 Å². The number of benzene rings is 1. The second kappa shape index (κ2) is 6.84. The molecule has 2 aliphatic rings. The van der Waals surface area contributed by atoms with Crippen molar-refractivity contribution < 1.29 is 18.7 Å². The first-order chi connectivity index (χ1) is 12.1. The zero-order valence-corrected chi connectivity index (χ0v) is 16.2. The Morgan fingerprint density at radius 1 is 1.31 bits per heavy atom. The average molecular weight is 382 g/mol. The molecule has 1 aliphatic heterocycles. The van der Waals surface area contributed by atoms with Crippen LogP contribution in [-0.4, -0.2) is 36.0 Å². The van der Waals surface area contributed by atoms with E-state index in [9.17, 15) is 14.0 Å². The Bertz CT molecular complexity index is 716. The second-order valence-corrected chi connectivity index (χ2v) is 9.18. The van der Waals surface area contributed by atoms with Gasteiger partial charge >= 0.3 is 5.97 Å². The van der Waals surface area contributed by atoms with Crippen LogP contribution in [0.25, 0.3) is 0 Å². The zero-order chi connectivity index (χ0) is 19.1. The van der Waals surface area contributed by atoms with Gasteiger partial charge in [-0.2, -0.15) is 0 Å². The number of amides is 1. The van der Waals surface area contributed by atoms with Gasteiger partial charge in [0.05, 0.1) is 6.42 Å². The van der Waals surface area contributed by atoms with E-state index in [2.05, 4.69) is 20.8 Å². The summed E-state index contributed by atoms with van der Waals surface area (Å²) in [7, 11) is 0. The summed E-state index contributed by atoms with van der Waals surface area (Å²) in [5, 5.41) is 0.178. The Morgan fingerprint density at radius 2 is 2.04 bits per heavy atom. The molecule has 1 saturated carbocycles. The van der Waals surface area contributed by atoms with Crippen LogP contribution in [0.3, 0.4) is 0 Å². The van der Waals surface area contributed by atoms with E-state index in [4.69, 9.17) is 16.3 Å². The van der Waals surface area contributed by atoms with Gasteiger partial charge in [-0.05, 0) is 42.2 Å². The largest absolute Gasteiger partial charge is 0.455 e. The number of hydrogen-bond acceptors (Lipinski definition) is 3. The van der Waals surface area contributed by atoms with Crippen LogP contribution in [0.4, 0.5) is 4.39 Å². The Hall–Kier alpha value is -1.62. The van der Waals surface area contributed by atoms with E-state index in [1.807, 2.05) is 4.90 Å². The molecule has 2 fully saturated rings. The van der Waals surface area contributed by atoms with Crippen LogP contribution in [-0.2, 0) is 20.7 Å². The summed E-state index contributed by atoms with van der Waals surface area (Å²) >= 11 is 5.92. The summed E-state index contributed by atoms with van der Waals surface area (Å²) in [6.45, 7) is 7.10. The Kier molecular flexibility index (Phi) is 5.04. The molecule has 1 aliphatic carbocycles. The van der Waals surface area contributed by atoms with Crippen molar-refractivity contribution in [1.82, 2.24) is 4.90 Å². The van der Waals surface area contributed by atoms with Crippen molar-refractivity contribution in [3.8, 4) is 0 Å². The lowest BCUT2D eigenvalue weighted by Crippen LogP contribution is -2.40. The maximum atomic E-state index is 13.8. The minimum Gasteiger partial charge on any atom is -0.455 e. The molecule has 2 bridgehead atoms. The Balaban J connectivity index is 1.57. The van der Waals surface area contributed by atoms with Gasteiger partial charge in [-0.3, -0.25) is 9.59 Å². The van der Waals surface area contributed by atoms with Gasteiger partial charge in [0.25, 0.3) is 5.91 Å². The van der Waals surface area contributed by atoms with Crippen molar-refractivity contribution in [3.05, 3.63) is 34.6 Å². The van der Waals surface area contributed by atoms with E-state index in [0.29, 0.717) is 6.54 Å². The third-order valence-electron chi connectivity index (χ3n) is 5.47. The summed E-state index contributed by atoms with van der Waals surface area (Å²) in [5.74, 6) is -1.38. The van der Waals surface area contributed by atoms with E-state index >= 15 is 0 Å². The van der Waals surface area contributed by atoms with Crippen LogP contribution in [0.15, 0.2) is 18.2 Å². The molecule has 4 nitrogen and oxygen atoms in total. The lowest BCUT2D eigenvalue weighted by atomic mass is 9.65. The number of esters is 1. The van der Waals surface area contributed by atoms with Crippen molar-refractivity contribution in [1.29, 1.82) is 0 Å². The van der Waals surface area contributed by atoms with Gasteiger partial charge < -0.3 is 9.64 Å². The molecule has 6 heteroatoms. The molecule has 142 valence electrons. The molecule has 0 unspecified atom stereocenters. The number of nitrogens with zero attached hydrogens (tertiary/aromatic N) is 1. The van der Waals surface area contributed by atoms with Gasteiger partial charge in [-0.15, -0.1) is 0 Å². The number of ether oxygens (including phenoxy) is 1. The normalized spacial score (nSPS) is 26.7. The minimum absolute atomic E-state index is 0.0953. The van der Waals surface area contributed by atoms with Crippen LogP contribution < -0.4 is 0 Å². The van der Waals surface area contributed by atoms with Crippen LogP contribution in [0.5, 0.6) is 0 Å². The first-order valence-corrected chi connectivity index (χ1v) is 9.34. The van der Waals surface area contributed by atoms with Crippen LogP contribution >= 0.6 is 11.6 Å². The average Bonchev–Trinajstić information content (AvgIpc) is 2.77. The zero-order valence-electron chi connectivity index (χ0n) is 15.5. The second-order valence-electron chi connectivity index (χ2n) is 8.77. The number of likely N-dealkylation sites (tertiary alicyclic amines) is 1. The third-order valence-corrected chi connectivity index (χ3v) is 5.83. The van der Waals surface area contributed by atoms with Crippen molar-refractivity contribution >= 4 is 23.5 Å². The maximum Gasteiger partial charge on any atom is 0.310 e. The predicted molar refractivity (Wildman–Crippen MR) is 97.3 cm³/mol. The Morgan fingerprint density at radius 3 is 2.73 bits per heavy atom. The molecule has 1 heterocycles. The quantitative estimate of drug-likeness (QED) is 0.741. The lowest BCUT2D eigenvalue weighted by Gasteiger charge is -2.39. The van der Waals surface area contributed by atoms with Crippen molar-refractivity contribution in [2.75, 3.05) is 13.2 Å². The fraction of sp³-hybridized carbons (Fsp3) is 0.600. The monoisotopic (exact) mass is 381 g/mol. The molecule has 1 aromatic rings. The predicted octanol–water partition coefficient (Wildman–Crippen LogP) is 3.99. The standard InChI is InChI=1S/C20H25ClFNO3/c1-19(2)8-13-9-20(3,11-19)12-23(13)17(24)10-26-18(25)7-14-15(21)5-4-6-16(14)22/h4-6,13H,7-12H2,1-3H3/t13-,20+/m1/s1. The van der Waals surface area contributed by atoms with Crippen molar-refractivity contribution in [3.63, 3.8) is 0 Å². The van der Waals surface area contributed by atoms with Crippen LogP contribution in [0.1, 0.15) is 45.6 Å². The highest BCUT2D eigenvalue weighted by Crippen LogP contribution is 2.52. The van der Waals surface area contributed by atoms with Gasteiger partial charge in [0, 0.05) is 23.2 Å². The van der Waals surface area contributed by atoms with Crippen molar-refractivity contribution in [2.24, 2.45) is 10.8 Å². The first-order valence-electron chi connectivity index (χ1n) is 8.97. The molecule has 1 aromatic carbocycles. The number of carbonyl (C=O) groups is 2. The lowest BCUT2D eigenvalue weighted by molar-refractivity contribution is -0.152. The number of fused-ring (bicyclic) bond motifs is 2. The van der Waals surface area contributed by atoms with Gasteiger partial charge in [0.15, 0.2) is 6.61 Å². The first kappa shape index (κ1) is 19.2. The number of hydrogen-bond donors (Lipinski definition) is 0. The van der Waals surface area contributed by atoms with E-state index in [0.717, 1.165) is 19.3 Å². The molecule has 0 spiro atoms. The molecule has 1 amide bonds. The number of rotatable bonds is 4. The van der Waals surface area contributed by atoms with E-state index < -0.39 is 11.8 Å². The summed E-state index contributed by atoms with van der Waals surface area (Å²) in [6, 6.07) is 4.44. The molecule has 0 radical (unpaired) electrons. The molecule has 0 aromatic heterocycles. The third kappa shape index (κ3) is 4.03. The summed E-state index contributed by atoms with van der Waals surface area (Å²) in [6.07, 6.45) is 2.77. The highest BCUT2D eigenvalue weighted by Gasteiger charge is 2.50. The maximum absolute atomic E-state index is 13.8. The molecule has 1 saturated heterocycles. The molecule has 0 N–H and O–H groups in total. The number of halogens is 2. The topological polar surface area (TPSA) is 46.6 Å². The minimum atomic E-state index is -0.654. The van der Waals surface area contributed by atoms with E-state index in [1.54, 1.807) is 0 Å².